The molecule has 1 saturated heterocycles. The summed E-state index contributed by atoms with van der Waals surface area (Å²) in [4.78, 5) is 22.9. The number of fused-ring (bicyclic) bond motifs is 1. The average Bonchev–Trinajstić information content (AvgIpc) is 2.42. The van der Waals surface area contributed by atoms with Gasteiger partial charge in [-0.3, -0.25) is 4.79 Å². The van der Waals surface area contributed by atoms with Gasteiger partial charge >= 0.3 is 6.09 Å². The Labute approximate surface area is 70.2 Å². The first-order valence-electron chi connectivity index (χ1n) is 4.16. The van der Waals surface area contributed by atoms with Crippen LogP contribution in [0.1, 0.15) is 12.8 Å². The summed E-state index contributed by atoms with van der Waals surface area (Å²) in [5.74, 6) is 0.928. The summed E-state index contributed by atoms with van der Waals surface area (Å²) in [7, 11) is 0. The highest BCUT2D eigenvalue weighted by molar-refractivity contribution is 5.81. The molecule has 2 atom stereocenters. The van der Waals surface area contributed by atoms with Crippen molar-refractivity contribution in [2.24, 2.45) is 11.8 Å². The molecule has 0 bridgehead atoms. The van der Waals surface area contributed by atoms with Gasteiger partial charge < -0.3 is 10.0 Å². The molecule has 1 saturated carbocycles. The van der Waals surface area contributed by atoms with Crippen LogP contribution < -0.4 is 0 Å². The van der Waals surface area contributed by atoms with E-state index >= 15 is 0 Å². The lowest BCUT2D eigenvalue weighted by molar-refractivity contribution is -0.118. The van der Waals surface area contributed by atoms with Crippen LogP contribution >= 0.6 is 0 Å². The smallest absolute Gasteiger partial charge is 0.407 e. The molecule has 0 radical (unpaired) electrons. The molecule has 0 aromatic heterocycles. The molecule has 4 heteroatoms. The van der Waals surface area contributed by atoms with Gasteiger partial charge in [-0.15, -0.1) is 0 Å². The van der Waals surface area contributed by atoms with E-state index in [1.165, 1.54) is 4.90 Å². The number of Topliss-reactive ketones (excluding diaryl/α,β-unsaturated/α-hetero) is 1. The fraction of sp³-hybridized carbons (Fsp3) is 0.750. The van der Waals surface area contributed by atoms with Crippen LogP contribution in [0.15, 0.2) is 0 Å². The number of rotatable bonds is 0. The molecule has 0 aromatic rings. The molecule has 1 aliphatic carbocycles. The van der Waals surface area contributed by atoms with E-state index in [1.807, 2.05) is 0 Å². The molecule has 0 spiro atoms. The molecule has 1 heterocycles. The molecule has 66 valence electrons. The van der Waals surface area contributed by atoms with E-state index in [2.05, 4.69) is 0 Å². The summed E-state index contributed by atoms with van der Waals surface area (Å²) < 4.78 is 0. The van der Waals surface area contributed by atoms with Crippen molar-refractivity contribution in [3.63, 3.8) is 0 Å². The number of likely N-dealkylation sites (tertiary alicyclic amines) is 1. The SMILES string of the molecule is O=C1CC2CN(C(=O)O)C[C@@H]2C1. The molecule has 1 N–H and O–H groups in total. The number of nitrogens with zero attached hydrogens (tertiary/aromatic N) is 1. The molecular formula is C8H11NO3. The van der Waals surface area contributed by atoms with Crippen molar-refractivity contribution < 1.29 is 14.7 Å². The monoisotopic (exact) mass is 169 g/mol. The molecule has 1 amide bonds. The van der Waals surface area contributed by atoms with Crippen molar-refractivity contribution in [3.8, 4) is 0 Å². The molecule has 2 fully saturated rings. The highest BCUT2D eigenvalue weighted by Gasteiger charge is 2.41. The number of hydrogen-bond donors (Lipinski definition) is 1. The fourth-order valence-corrected chi connectivity index (χ4v) is 2.23. The van der Waals surface area contributed by atoms with Crippen LogP contribution in [0.25, 0.3) is 0 Å². The largest absolute Gasteiger partial charge is 0.465 e. The second kappa shape index (κ2) is 2.47. The molecule has 4 nitrogen and oxygen atoms in total. The Morgan fingerprint density at radius 1 is 1.33 bits per heavy atom. The highest BCUT2D eigenvalue weighted by atomic mass is 16.4. The third-order valence-corrected chi connectivity index (χ3v) is 2.83. The van der Waals surface area contributed by atoms with E-state index < -0.39 is 6.09 Å². The van der Waals surface area contributed by atoms with Crippen molar-refractivity contribution >= 4 is 11.9 Å². The third-order valence-electron chi connectivity index (χ3n) is 2.83. The fourth-order valence-electron chi connectivity index (χ4n) is 2.23. The lowest BCUT2D eigenvalue weighted by Gasteiger charge is -2.11. The molecule has 2 rings (SSSR count). The van der Waals surface area contributed by atoms with Gasteiger partial charge in [0.25, 0.3) is 0 Å². The zero-order valence-electron chi connectivity index (χ0n) is 6.69. The van der Waals surface area contributed by atoms with Crippen molar-refractivity contribution in [3.05, 3.63) is 0 Å². The maximum Gasteiger partial charge on any atom is 0.407 e. The quantitative estimate of drug-likeness (QED) is 0.577. The lowest BCUT2D eigenvalue weighted by Crippen LogP contribution is -2.28. The summed E-state index contributed by atoms with van der Waals surface area (Å²) in [6.45, 7) is 1.12. The van der Waals surface area contributed by atoms with E-state index in [9.17, 15) is 9.59 Å². The van der Waals surface area contributed by atoms with Crippen molar-refractivity contribution in [1.29, 1.82) is 0 Å². The molecule has 1 aliphatic heterocycles. The van der Waals surface area contributed by atoms with Crippen LogP contribution in [0, 0.1) is 11.8 Å². The van der Waals surface area contributed by atoms with Crippen LogP contribution in [0.2, 0.25) is 0 Å². The summed E-state index contributed by atoms with van der Waals surface area (Å²) in [6, 6.07) is 0. The van der Waals surface area contributed by atoms with Gasteiger partial charge in [0, 0.05) is 25.9 Å². The number of carbonyl (C=O) groups is 2. The van der Waals surface area contributed by atoms with Gasteiger partial charge in [-0.25, -0.2) is 4.79 Å². The van der Waals surface area contributed by atoms with Crippen LogP contribution in [-0.4, -0.2) is 35.0 Å². The van der Waals surface area contributed by atoms with Gasteiger partial charge in [-0.05, 0) is 11.8 Å². The Kier molecular flexibility index (Phi) is 1.56. The average molecular weight is 169 g/mol. The zero-order valence-corrected chi connectivity index (χ0v) is 6.69. The molecule has 12 heavy (non-hydrogen) atoms. The molecule has 1 unspecified atom stereocenters. The Morgan fingerprint density at radius 3 is 2.25 bits per heavy atom. The molecular weight excluding hydrogens is 158 g/mol. The normalized spacial score (nSPS) is 34.0. The second-order valence-electron chi connectivity index (χ2n) is 3.65. The molecule has 2 aliphatic rings. The first kappa shape index (κ1) is 7.58. The topological polar surface area (TPSA) is 57.6 Å². The minimum absolute atomic E-state index is 0.301. The van der Waals surface area contributed by atoms with E-state index in [0.29, 0.717) is 43.6 Å². The van der Waals surface area contributed by atoms with Crippen LogP contribution in [0.5, 0.6) is 0 Å². The number of carboxylic acid groups (broad SMARTS) is 1. The van der Waals surface area contributed by atoms with E-state index in [0.717, 1.165) is 0 Å². The van der Waals surface area contributed by atoms with Crippen molar-refractivity contribution in [2.75, 3.05) is 13.1 Å². The Bertz CT molecular complexity index is 222. The Balaban J connectivity index is 2.02. The minimum atomic E-state index is -0.850. The third kappa shape index (κ3) is 1.07. The van der Waals surface area contributed by atoms with Gasteiger partial charge in [0.2, 0.25) is 0 Å². The van der Waals surface area contributed by atoms with Crippen molar-refractivity contribution in [2.45, 2.75) is 12.8 Å². The predicted molar refractivity (Wildman–Crippen MR) is 40.8 cm³/mol. The highest BCUT2D eigenvalue weighted by Crippen LogP contribution is 2.35. The maximum atomic E-state index is 11.0. The number of hydrogen-bond acceptors (Lipinski definition) is 2. The number of carbonyl (C=O) groups excluding carboxylic acids is 1. The first-order chi connectivity index (χ1) is 5.66. The van der Waals surface area contributed by atoms with Crippen molar-refractivity contribution in [1.82, 2.24) is 4.90 Å². The second-order valence-corrected chi connectivity index (χ2v) is 3.65. The summed E-state index contributed by atoms with van der Waals surface area (Å²) in [6.07, 6.45) is 0.333. The van der Waals surface area contributed by atoms with Crippen LogP contribution in [0.4, 0.5) is 4.79 Å². The standard InChI is InChI=1S/C8H11NO3/c10-7-1-5-3-9(8(11)12)4-6(5)2-7/h5-6H,1-4H2,(H,11,12)/t5-,6?/m0/s1. The van der Waals surface area contributed by atoms with Gasteiger partial charge in [0.05, 0.1) is 0 Å². The van der Waals surface area contributed by atoms with Crippen LogP contribution in [-0.2, 0) is 4.79 Å². The summed E-state index contributed by atoms with van der Waals surface area (Å²) >= 11 is 0. The lowest BCUT2D eigenvalue weighted by atomic mass is 10.0. The number of ketones is 1. The van der Waals surface area contributed by atoms with Gasteiger partial charge in [-0.2, -0.15) is 0 Å². The zero-order chi connectivity index (χ0) is 8.72. The van der Waals surface area contributed by atoms with E-state index in [1.54, 1.807) is 0 Å². The summed E-state index contributed by atoms with van der Waals surface area (Å²) in [5, 5.41) is 8.68. The van der Waals surface area contributed by atoms with E-state index in [-0.39, 0.29) is 0 Å². The van der Waals surface area contributed by atoms with Gasteiger partial charge in [0.15, 0.2) is 0 Å². The van der Waals surface area contributed by atoms with Crippen LogP contribution in [0.3, 0.4) is 0 Å². The first-order valence-corrected chi connectivity index (χ1v) is 4.16. The molecule has 0 aromatic carbocycles. The van der Waals surface area contributed by atoms with Gasteiger partial charge in [-0.1, -0.05) is 0 Å². The predicted octanol–water partition coefficient (Wildman–Crippen LogP) is 0.575. The summed E-state index contributed by atoms with van der Waals surface area (Å²) in [5.41, 5.74) is 0. The minimum Gasteiger partial charge on any atom is -0.465 e. The number of amides is 1. The Morgan fingerprint density at radius 2 is 1.83 bits per heavy atom. The Hall–Kier alpha value is -1.06. The van der Waals surface area contributed by atoms with Gasteiger partial charge in [0.1, 0.15) is 5.78 Å². The maximum absolute atomic E-state index is 11.0. The van der Waals surface area contributed by atoms with E-state index in [4.69, 9.17) is 5.11 Å².